The summed E-state index contributed by atoms with van der Waals surface area (Å²) in [6.07, 6.45) is 7.84. The lowest BCUT2D eigenvalue weighted by Gasteiger charge is -2.26. The first-order chi connectivity index (χ1) is 14.9. The Bertz CT molecular complexity index is 1040. The summed E-state index contributed by atoms with van der Waals surface area (Å²) in [6, 6.07) is 18.0. The maximum absolute atomic E-state index is 13.3. The molecule has 3 nitrogen and oxygen atoms in total. The van der Waals surface area contributed by atoms with E-state index < -0.39 is 0 Å². The van der Waals surface area contributed by atoms with Crippen molar-refractivity contribution in [1.82, 2.24) is 4.57 Å². The van der Waals surface area contributed by atoms with Gasteiger partial charge in [0, 0.05) is 47.9 Å². The molecular formula is C28H36N2O. The normalized spacial score (nSPS) is 20.3. The van der Waals surface area contributed by atoms with Crippen LogP contribution in [0.1, 0.15) is 81.0 Å². The molecule has 0 aliphatic heterocycles. The number of benzene rings is 2. The fourth-order valence-corrected chi connectivity index (χ4v) is 5.26. The van der Waals surface area contributed by atoms with Gasteiger partial charge in [-0.15, -0.1) is 0 Å². The summed E-state index contributed by atoms with van der Waals surface area (Å²) in [6.45, 7) is 6.57. The average molecular weight is 417 g/mol. The lowest BCUT2D eigenvalue weighted by Crippen LogP contribution is -2.27. The van der Waals surface area contributed by atoms with Gasteiger partial charge in [0.1, 0.15) is 5.78 Å². The van der Waals surface area contributed by atoms with Gasteiger partial charge in [0.25, 0.3) is 0 Å². The molecule has 3 heteroatoms. The van der Waals surface area contributed by atoms with E-state index in [-0.39, 0.29) is 5.92 Å². The quantitative estimate of drug-likeness (QED) is 0.476. The number of para-hydroxylation sites is 1. The van der Waals surface area contributed by atoms with E-state index in [0.717, 1.165) is 25.7 Å². The second-order valence-electron chi connectivity index (χ2n) is 9.80. The molecule has 2 aromatic carbocycles. The highest BCUT2D eigenvalue weighted by molar-refractivity contribution is 5.87. The fraction of sp³-hybridized carbons (Fsp3) is 0.464. The molecule has 2 N–H and O–H groups in total. The lowest BCUT2D eigenvalue weighted by atomic mass is 9.80. The van der Waals surface area contributed by atoms with Gasteiger partial charge in [-0.3, -0.25) is 4.79 Å². The largest absolute Gasteiger partial charge is 0.345 e. The second kappa shape index (κ2) is 9.40. The molecule has 1 aliphatic carbocycles. The summed E-state index contributed by atoms with van der Waals surface area (Å²) in [5, 5.41) is 1.26. The van der Waals surface area contributed by atoms with Gasteiger partial charge in [-0.25, -0.2) is 0 Å². The summed E-state index contributed by atoms with van der Waals surface area (Å²) in [5.41, 5.74) is 11.1. The van der Waals surface area contributed by atoms with Crippen molar-refractivity contribution in [2.45, 2.75) is 77.3 Å². The van der Waals surface area contributed by atoms with Crippen LogP contribution in [0, 0.1) is 12.8 Å². The number of hydrogen-bond acceptors (Lipinski definition) is 2. The third-order valence-corrected chi connectivity index (χ3v) is 6.99. The molecule has 1 fully saturated rings. The number of rotatable bonds is 7. The van der Waals surface area contributed by atoms with Crippen molar-refractivity contribution >= 4 is 16.7 Å². The van der Waals surface area contributed by atoms with E-state index in [1.807, 2.05) is 0 Å². The fourth-order valence-electron chi connectivity index (χ4n) is 5.26. The zero-order chi connectivity index (χ0) is 22.0. The molecule has 0 radical (unpaired) electrons. The first-order valence-corrected chi connectivity index (χ1v) is 11.9. The molecule has 1 atom stereocenters. The van der Waals surface area contributed by atoms with Crippen LogP contribution in [-0.2, 0) is 4.79 Å². The van der Waals surface area contributed by atoms with Crippen molar-refractivity contribution < 1.29 is 4.79 Å². The van der Waals surface area contributed by atoms with Crippen molar-refractivity contribution in [3.63, 3.8) is 0 Å². The number of fused-ring (bicyclic) bond motifs is 1. The topological polar surface area (TPSA) is 48.0 Å². The minimum atomic E-state index is 0.0862. The van der Waals surface area contributed by atoms with E-state index >= 15 is 0 Å². The number of nitrogens with zero attached hydrogens (tertiary/aromatic N) is 1. The van der Waals surface area contributed by atoms with Crippen LogP contribution in [0.4, 0.5) is 0 Å². The van der Waals surface area contributed by atoms with Gasteiger partial charge >= 0.3 is 0 Å². The Balaban J connectivity index is 1.68. The summed E-state index contributed by atoms with van der Waals surface area (Å²) < 4.78 is 2.35. The van der Waals surface area contributed by atoms with E-state index in [1.54, 1.807) is 0 Å². The maximum atomic E-state index is 13.3. The molecule has 31 heavy (non-hydrogen) atoms. The van der Waals surface area contributed by atoms with Crippen molar-refractivity contribution in [3.8, 4) is 0 Å². The minimum absolute atomic E-state index is 0.0862. The summed E-state index contributed by atoms with van der Waals surface area (Å²) in [5.74, 6) is 0.971. The summed E-state index contributed by atoms with van der Waals surface area (Å²) >= 11 is 0. The first kappa shape index (κ1) is 21.8. The highest BCUT2D eigenvalue weighted by Gasteiger charge is 2.26. The van der Waals surface area contributed by atoms with E-state index in [4.69, 9.17) is 5.73 Å². The minimum Gasteiger partial charge on any atom is -0.345 e. The Morgan fingerprint density at radius 3 is 2.52 bits per heavy atom. The summed E-state index contributed by atoms with van der Waals surface area (Å²) in [7, 11) is 0. The Hall–Kier alpha value is -2.39. The third-order valence-electron chi connectivity index (χ3n) is 6.99. The number of nitrogens with two attached hydrogens (primary N) is 1. The van der Waals surface area contributed by atoms with Crippen LogP contribution in [-0.4, -0.2) is 16.4 Å². The van der Waals surface area contributed by atoms with Gasteiger partial charge in [0.15, 0.2) is 0 Å². The van der Waals surface area contributed by atoms with Crippen molar-refractivity contribution in [1.29, 1.82) is 0 Å². The molecule has 1 unspecified atom stereocenters. The van der Waals surface area contributed by atoms with Gasteiger partial charge < -0.3 is 10.3 Å². The van der Waals surface area contributed by atoms with E-state index in [2.05, 4.69) is 80.1 Å². The van der Waals surface area contributed by atoms with Crippen LogP contribution in [0.3, 0.4) is 0 Å². The van der Waals surface area contributed by atoms with Crippen LogP contribution in [0.15, 0.2) is 54.7 Å². The van der Waals surface area contributed by atoms with Crippen LogP contribution in [0.2, 0.25) is 0 Å². The Morgan fingerprint density at radius 1 is 1.06 bits per heavy atom. The Kier molecular flexibility index (Phi) is 6.62. The van der Waals surface area contributed by atoms with E-state index in [1.165, 1.54) is 27.6 Å². The molecule has 1 heterocycles. The lowest BCUT2D eigenvalue weighted by molar-refractivity contribution is -0.120. The highest BCUT2D eigenvalue weighted by atomic mass is 16.1. The van der Waals surface area contributed by atoms with Crippen molar-refractivity contribution in [2.75, 3.05) is 0 Å². The molecule has 0 spiro atoms. The zero-order valence-electron chi connectivity index (χ0n) is 19.2. The number of aromatic nitrogens is 1. The molecule has 1 saturated carbocycles. The van der Waals surface area contributed by atoms with Gasteiger partial charge in [0.05, 0.1) is 0 Å². The molecule has 1 aliphatic rings. The number of hydrogen-bond donors (Lipinski definition) is 1. The number of carbonyl (C=O) groups is 1. The van der Waals surface area contributed by atoms with Crippen molar-refractivity contribution in [2.24, 2.45) is 11.7 Å². The van der Waals surface area contributed by atoms with Crippen LogP contribution >= 0.6 is 0 Å². The highest BCUT2D eigenvalue weighted by Crippen LogP contribution is 2.37. The van der Waals surface area contributed by atoms with Crippen LogP contribution in [0.5, 0.6) is 0 Å². The number of aryl methyl sites for hydroxylation is 1. The van der Waals surface area contributed by atoms with E-state index in [9.17, 15) is 4.79 Å². The van der Waals surface area contributed by atoms with Crippen molar-refractivity contribution in [3.05, 3.63) is 71.4 Å². The molecule has 0 amide bonds. The maximum Gasteiger partial charge on any atom is 0.134 e. The third kappa shape index (κ3) is 4.93. The molecular weight excluding hydrogens is 380 g/mol. The Morgan fingerprint density at radius 2 is 1.81 bits per heavy atom. The standard InChI is InChI=1S/C28H36N2O/c1-19(2)30-18-27(25-9-4-5-10-28(25)30)26(22-8-6-7-20(3)15-22)17-24(31)16-21-11-13-23(29)14-12-21/h4-10,15,18-19,21,23,26H,11-14,16-17,29H2,1-3H3. The van der Waals surface area contributed by atoms with Gasteiger partial charge in [0.2, 0.25) is 0 Å². The average Bonchev–Trinajstić information content (AvgIpc) is 3.13. The Labute approximate surface area is 186 Å². The molecule has 164 valence electrons. The zero-order valence-corrected chi connectivity index (χ0v) is 19.2. The van der Waals surface area contributed by atoms with E-state index in [0.29, 0.717) is 36.6 Å². The van der Waals surface area contributed by atoms with Gasteiger partial charge in [-0.05, 0) is 69.6 Å². The number of carbonyl (C=O) groups excluding carboxylic acids is 1. The number of Topliss-reactive ketones (excluding diaryl/α,β-unsaturated/α-hetero) is 1. The molecule has 1 aromatic heterocycles. The van der Waals surface area contributed by atoms with Gasteiger partial charge in [-0.1, -0.05) is 48.0 Å². The second-order valence-corrected chi connectivity index (χ2v) is 9.80. The van der Waals surface area contributed by atoms with Crippen LogP contribution in [0.25, 0.3) is 10.9 Å². The van der Waals surface area contributed by atoms with Gasteiger partial charge in [-0.2, -0.15) is 0 Å². The van der Waals surface area contributed by atoms with Crippen LogP contribution < -0.4 is 5.73 Å². The predicted molar refractivity (Wildman–Crippen MR) is 130 cm³/mol. The molecule has 4 rings (SSSR count). The monoisotopic (exact) mass is 416 g/mol. The predicted octanol–water partition coefficient (Wildman–Crippen LogP) is 6.53. The molecule has 3 aromatic rings. The first-order valence-electron chi connectivity index (χ1n) is 11.9. The number of ketones is 1. The summed E-state index contributed by atoms with van der Waals surface area (Å²) in [4.78, 5) is 13.3. The smallest absolute Gasteiger partial charge is 0.134 e. The molecule has 0 saturated heterocycles. The molecule has 0 bridgehead atoms. The SMILES string of the molecule is Cc1cccc(C(CC(=O)CC2CCC(N)CC2)c2cn(C(C)C)c3ccccc23)c1.